The molecule has 4 nitrogen and oxygen atoms in total. The molecule has 1 N–H and O–H groups in total. The first kappa shape index (κ1) is 10.6. The lowest BCUT2D eigenvalue weighted by atomic mass is 10.2. The molecule has 0 aliphatic carbocycles. The summed E-state index contributed by atoms with van der Waals surface area (Å²) in [4.78, 5) is 18.9. The molecule has 2 aromatic heterocycles. The highest BCUT2D eigenvalue weighted by molar-refractivity contribution is 6.29. The van der Waals surface area contributed by atoms with Gasteiger partial charge in [0, 0.05) is 6.20 Å². The first-order valence-corrected chi connectivity index (χ1v) is 4.87. The van der Waals surface area contributed by atoms with Crippen LogP contribution in [0.4, 0.5) is 0 Å². The highest BCUT2D eigenvalue weighted by atomic mass is 35.5. The Kier molecular flexibility index (Phi) is 2.83. The predicted octanol–water partition coefficient (Wildman–Crippen LogP) is 2.50. The number of hydrogen-bond donors (Lipinski definition) is 1. The van der Waals surface area contributed by atoms with Crippen molar-refractivity contribution in [1.82, 2.24) is 9.97 Å². The van der Waals surface area contributed by atoms with Crippen molar-refractivity contribution in [3.8, 4) is 11.4 Å². The lowest BCUT2D eigenvalue weighted by Gasteiger charge is -2.02. The van der Waals surface area contributed by atoms with Gasteiger partial charge in [-0.1, -0.05) is 17.7 Å². The largest absolute Gasteiger partial charge is 0.478 e. The molecule has 0 aliphatic rings. The molecule has 0 saturated heterocycles. The first-order chi connectivity index (χ1) is 7.66. The molecule has 0 fully saturated rings. The Morgan fingerprint density at radius 3 is 2.69 bits per heavy atom. The van der Waals surface area contributed by atoms with E-state index in [2.05, 4.69) is 9.97 Å². The zero-order valence-electron chi connectivity index (χ0n) is 8.09. The van der Waals surface area contributed by atoms with Crippen LogP contribution >= 0.6 is 11.6 Å². The number of aromatic carboxylic acids is 1. The summed E-state index contributed by atoms with van der Waals surface area (Å²) in [6.07, 6.45) is 1.61. The SMILES string of the molecule is O=C(O)c1cc(Cl)nc(-c2ccccn2)c1. The number of hydrogen-bond acceptors (Lipinski definition) is 3. The van der Waals surface area contributed by atoms with Crippen molar-refractivity contribution < 1.29 is 9.90 Å². The highest BCUT2D eigenvalue weighted by Crippen LogP contribution is 2.19. The Balaban J connectivity index is 2.54. The van der Waals surface area contributed by atoms with Crippen LogP contribution in [0.15, 0.2) is 36.5 Å². The van der Waals surface area contributed by atoms with Crippen LogP contribution in [0.1, 0.15) is 10.4 Å². The minimum absolute atomic E-state index is 0.0978. The molecule has 0 spiro atoms. The van der Waals surface area contributed by atoms with E-state index in [0.29, 0.717) is 11.4 Å². The molecule has 0 atom stereocenters. The van der Waals surface area contributed by atoms with Gasteiger partial charge in [0.05, 0.1) is 17.0 Å². The normalized spacial score (nSPS) is 10.1. The fraction of sp³-hybridized carbons (Fsp3) is 0. The van der Waals surface area contributed by atoms with E-state index in [0.717, 1.165) is 0 Å². The van der Waals surface area contributed by atoms with Crippen LogP contribution < -0.4 is 0 Å². The van der Waals surface area contributed by atoms with Gasteiger partial charge in [0.25, 0.3) is 0 Å². The number of carboxylic acids is 1. The molecule has 0 aromatic carbocycles. The van der Waals surface area contributed by atoms with Crippen molar-refractivity contribution in [3.63, 3.8) is 0 Å². The van der Waals surface area contributed by atoms with Crippen molar-refractivity contribution in [2.45, 2.75) is 0 Å². The van der Waals surface area contributed by atoms with Gasteiger partial charge in [0.2, 0.25) is 0 Å². The van der Waals surface area contributed by atoms with Crippen LogP contribution in [0, 0.1) is 0 Å². The molecular formula is C11H7ClN2O2. The van der Waals surface area contributed by atoms with E-state index < -0.39 is 5.97 Å². The number of pyridine rings is 2. The zero-order valence-corrected chi connectivity index (χ0v) is 8.85. The van der Waals surface area contributed by atoms with E-state index in [-0.39, 0.29) is 10.7 Å². The van der Waals surface area contributed by atoms with Crippen LogP contribution in [0.3, 0.4) is 0 Å². The van der Waals surface area contributed by atoms with Gasteiger partial charge in [0.15, 0.2) is 0 Å². The van der Waals surface area contributed by atoms with Crippen LogP contribution in [0.25, 0.3) is 11.4 Å². The molecule has 2 aromatic rings. The Hall–Kier alpha value is -1.94. The van der Waals surface area contributed by atoms with Crippen molar-refractivity contribution in [1.29, 1.82) is 0 Å². The summed E-state index contributed by atoms with van der Waals surface area (Å²) in [5.74, 6) is -1.04. The Bertz CT molecular complexity index is 529. The zero-order chi connectivity index (χ0) is 11.5. The summed E-state index contributed by atoms with van der Waals surface area (Å²) in [5.41, 5.74) is 1.14. The van der Waals surface area contributed by atoms with E-state index in [1.54, 1.807) is 24.4 Å². The van der Waals surface area contributed by atoms with E-state index in [1.165, 1.54) is 12.1 Å². The maximum Gasteiger partial charge on any atom is 0.335 e. The van der Waals surface area contributed by atoms with E-state index in [4.69, 9.17) is 16.7 Å². The minimum Gasteiger partial charge on any atom is -0.478 e. The van der Waals surface area contributed by atoms with E-state index in [1.807, 2.05) is 0 Å². The lowest BCUT2D eigenvalue weighted by Crippen LogP contribution is -1.98. The fourth-order valence-corrected chi connectivity index (χ4v) is 1.47. The van der Waals surface area contributed by atoms with Crippen LogP contribution in [0.2, 0.25) is 5.15 Å². The summed E-state index contributed by atoms with van der Waals surface area (Å²) in [5, 5.41) is 9.01. The van der Waals surface area contributed by atoms with Crippen molar-refractivity contribution >= 4 is 17.6 Å². The van der Waals surface area contributed by atoms with Crippen molar-refractivity contribution in [2.24, 2.45) is 0 Å². The second-order valence-corrected chi connectivity index (χ2v) is 3.47. The summed E-state index contributed by atoms with van der Waals surface area (Å²) in [6.45, 7) is 0. The van der Waals surface area contributed by atoms with Gasteiger partial charge in [0.1, 0.15) is 5.15 Å². The molecule has 0 amide bonds. The van der Waals surface area contributed by atoms with Crippen LogP contribution in [-0.4, -0.2) is 21.0 Å². The predicted molar refractivity (Wildman–Crippen MR) is 59.4 cm³/mol. The number of rotatable bonds is 2. The summed E-state index contributed by atoms with van der Waals surface area (Å²) in [6, 6.07) is 8.05. The number of aromatic nitrogens is 2. The third-order valence-electron chi connectivity index (χ3n) is 1.97. The van der Waals surface area contributed by atoms with Crippen LogP contribution in [0.5, 0.6) is 0 Å². The van der Waals surface area contributed by atoms with Gasteiger partial charge in [-0.2, -0.15) is 0 Å². The summed E-state index contributed by atoms with van der Waals surface area (Å²) in [7, 11) is 0. The average Bonchev–Trinajstić information content (AvgIpc) is 2.29. The molecule has 2 rings (SSSR count). The quantitative estimate of drug-likeness (QED) is 0.811. The Morgan fingerprint density at radius 2 is 2.06 bits per heavy atom. The number of carbonyl (C=O) groups is 1. The fourth-order valence-electron chi connectivity index (χ4n) is 1.27. The van der Waals surface area contributed by atoms with Crippen LogP contribution in [-0.2, 0) is 0 Å². The number of nitrogens with zero attached hydrogens (tertiary/aromatic N) is 2. The van der Waals surface area contributed by atoms with Gasteiger partial charge in [-0.3, -0.25) is 4.98 Å². The molecule has 80 valence electrons. The lowest BCUT2D eigenvalue weighted by molar-refractivity contribution is 0.0697. The smallest absolute Gasteiger partial charge is 0.335 e. The molecule has 5 heteroatoms. The second kappa shape index (κ2) is 4.28. The first-order valence-electron chi connectivity index (χ1n) is 4.49. The Labute approximate surface area is 96.6 Å². The third-order valence-corrected chi connectivity index (χ3v) is 2.16. The molecule has 2 heterocycles. The van der Waals surface area contributed by atoms with Gasteiger partial charge < -0.3 is 5.11 Å². The second-order valence-electron chi connectivity index (χ2n) is 3.08. The molecule has 0 unspecified atom stereocenters. The monoisotopic (exact) mass is 234 g/mol. The topological polar surface area (TPSA) is 63.1 Å². The maximum absolute atomic E-state index is 10.8. The number of halogens is 1. The van der Waals surface area contributed by atoms with Gasteiger partial charge in [-0.15, -0.1) is 0 Å². The van der Waals surface area contributed by atoms with Gasteiger partial charge in [-0.05, 0) is 24.3 Å². The number of carboxylic acid groups (broad SMARTS) is 1. The molecule has 0 radical (unpaired) electrons. The van der Waals surface area contributed by atoms with Crippen molar-refractivity contribution in [2.75, 3.05) is 0 Å². The summed E-state index contributed by atoms with van der Waals surface area (Å²) >= 11 is 5.74. The van der Waals surface area contributed by atoms with Gasteiger partial charge >= 0.3 is 5.97 Å². The minimum atomic E-state index is -1.04. The van der Waals surface area contributed by atoms with Crippen molar-refractivity contribution in [3.05, 3.63) is 47.2 Å². The molecule has 0 aliphatic heterocycles. The molecule has 0 bridgehead atoms. The third kappa shape index (κ3) is 2.17. The molecule has 16 heavy (non-hydrogen) atoms. The standard InChI is InChI=1S/C11H7ClN2O2/c12-10-6-7(11(15)16)5-9(14-10)8-3-1-2-4-13-8/h1-6H,(H,15,16). The molecular weight excluding hydrogens is 228 g/mol. The van der Waals surface area contributed by atoms with Gasteiger partial charge in [-0.25, -0.2) is 9.78 Å². The summed E-state index contributed by atoms with van der Waals surface area (Å²) < 4.78 is 0. The maximum atomic E-state index is 10.8. The average molecular weight is 235 g/mol. The van der Waals surface area contributed by atoms with E-state index >= 15 is 0 Å². The van der Waals surface area contributed by atoms with E-state index in [9.17, 15) is 4.79 Å². The highest BCUT2D eigenvalue weighted by Gasteiger charge is 2.09. The Morgan fingerprint density at radius 1 is 1.25 bits per heavy atom. The molecule has 0 saturated carbocycles.